The Balaban J connectivity index is 1.90. The molecule has 1 aliphatic rings. The molecule has 0 radical (unpaired) electrons. The highest BCUT2D eigenvalue weighted by molar-refractivity contribution is 5.96. The maximum atomic E-state index is 12.4. The fourth-order valence-corrected chi connectivity index (χ4v) is 2.93. The van der Waals surface area contributed by atoms with Crippen molar-refractivity contribution in [2.75, 3.05) is 18.4 Å². The van der Waals surface area contributed by atoms with Crippen LogP contribution in [0.5, 0.6) is 0 Å². The highest BCUT2D eigenvalue weighted by Gasteiger charge is 2.31. The first-order valence-corrected chi connectivity index (χ1v) is 7.94. The van der Waals surface area contributed by atoms with Crippen LogP contribution >= 0.6 is 0 Å². The zero-order chi connectivity index (χ0) is 17.0. The molecule has 0 aliphatic carbocycles. The number of carbonyl (C=O) groups excluding carboxylic acids is 3. The van der Waals surface area contributed by atoms with E-state index in [1.165, 1.54) is 11.8 Å². The summed E-state index contributed by atoms with van der Waals surface area (Å²) >= 11 is 0. The van der Waals surface area contributed by atoms with Crippen LogP contribution < -0.4 is 16.0 Å². The zero-order valence-corrected chi connectivity index (χ0v) is 13.6. The van der Waals surface area contributed by atoms with Crippen LogP contribution in [0.3, 0.4) is 0 Å². The molecule has 6 heteroatoms. The number of rotatable bonds is 5. The molecule has 1 saturated heterocycles. The number of piperidine rings is 1. The number of hydrogen-bond donors (Lipinski definition) is 3. The quantitative estimate of drug-likeness (QED) is 0.667. The molecule has 0 unspecified atom stereocenters. The molecule has 0 saturated carbocycles. The van der Waals surface area contributed by atoms with Crippen molar-refractivity contribution >= 4 is 23.3 Å². The van der Waals surface area contributed by atoms with Crippen LogP contribution in [0, 0.1) is 5.92 Å². The fourth-order valence-electron chi connectivity index (χ4n) is 2.93. The van der Waals surface area contributed by atoms with Gasteiger partial charge in [0.15, 0.2) is 11.8 Å². The molecular weight excluding hydrogens is 294 g/mol. The number of anilines is 1. The standard InChI is InChI=1S/C17H23N3O3/c1-11(20-9-7-14(8-10-20)16(18)22)17(23)19-15-5-3-13(4-6-15)12(2)21/h3-6,11,14H,7-10H2,1-2H3,(H2,18,22)(H,19,23)/p+1/t11-/m0/s1. The van der Waals surface area contributed by atoms with Gasteiger partial charge in [-0.05, 0) is 38.1 Å². The van der Waals surface area contributed by atoms with Crippen LogP contribution in [0.2, 0.25) is 0 Å². The van der Waals surface area contributed by atoms with Crippen LogP contribution in [0.15, 0.2) is 24.3 Å². The molecule has 124 valence electrons. The molecule has 0 aromatic heterocycles. The van der Waals surface area contributed by atoms with Crippen LogP contribution in [0.1, 0.15) is 37.0 Å². The molecule has 6 nitrogen and oxygen atoms in total. The molecular formula is C17H24N3O3+. The molecule has 1 fully saturated rings. The van der Waals surface area contributed by atoms with Gasteiger partial charge in [0.1, 0.15) is 0 Å². The number of carbonyl (C=O) groups is 3. The number of nitrogens with one attached hydrogen (secondary N) is 2. The highest BCUT2D eigenvalue weighted by atomic mass is 16.2. The number of quaternary nitrogens is 1. The largest absolute Gasteiger partial charge is 0.369 e. The third kappa shape index (κ3) is 4.39. The number of Topliss-reactive ketones (excluding diaryl/α,β-unsaturated/α-hetero) is 1. The predicted octanol–water partition coefficient (Wildman–Crippen LogP) is -0.00360. The second-order valence-electron chi connectivity index (χ2n) is 6.18. The zero-order valence-electron chi connectivity index (χ0n) is 13.6. The Morgan fingerprint density at radius 1 is 1.17 bits per heavy atom. The van der Waals surface area contributed by atoms with Gasteiger partial charge in [-0.3, -0.25) is 14.4 Å². The molecule has 4 N–H and O–H groups in total. The first-order chi connectivity index (χ1) is 10.9. The van der Waals surface area contributed by atoms with Crippen LogP contribution in [0.4, 0.5) is 5.69 Å². The lowest BCUT2D eigenvalue weighted by Crippen LogP contribution is -3.17. The molecule has 2 amide bonds. The van der Waals surface area contributed by atoms with Crippen molar-refractivity contribution in [1.82, 2.24) is 0 Å². The van der Waals surface area contributed by atoms with Gasteiger partial charge in [0.25, 0.3) is 5.91 Å². The molecule has 1 aromatic carbocycles. The summed E-state index contributed by atoms with van der Waals surface area (Å²) in [4.78, 5) is 36.0. The van der Waals surface area contributed by atoms with E-state index in [-0.39, 0.29) is 29.6 Å². The molecule has 1 aromatic rings. The average molecular weight is 318 g/mol. The van der Waals surface area contributed by atoms with Crippen LogP contribution in [0.25, 0.3) is 0 Å². The number of amides is 2. The first-order valence-electron chi connectivity index (χ1n) is 7.94. The molecule has 1 heterocycles. The maximum Gasteiger partial charge on any atom is 0.282 e. The lowest BCUT2D eigenvalue weighted by molar-refractivity contribution is -0.919. The van der Waals surface area contributed by atoms with Crippen molar-refractivity contribution in [2.24, 2.45) is 11.7 Å². The number of nitrogens with two attached hydrogens (primary N) is 1. The third-order valence-corrected chi connectivity index (χ3v) is 4.59. The van der Waals surface area contributed by atoms with Gasteiger partial charge in [-0.2, -0.15) is 0 Å². The predicted molar refractivity (Wildman–Crippen MR) is 87.2 cm³/mol. The lowest BCUT2D eigenvalue weighted by atomic mass is 9.95. The molecule has 1 aliphatic heterocycles. The Labute approximate surface area is 136 Å². The highest BCUT2D eigenvalue weighted by Crippen LogP contribution is 2.11. The van der Waals surface area contributed by atoms with Gasteiger partial charge in [0, 0.05) is 30.0 Å². The number of benzene rings is 1. The van der Waals surface area contributed by atoms with Crippen molar-refractivity contribution in [3.8, 4) is 0 Å². The summed E-state index contributed by atoms with van der Waals surface area (Å²) in [5.74, 6) is -0.369. The van der Waals surface area contributed by atoms with E-state index in [0.717, 1.165) is 25.9 Å². The number of hydrogen-bond acceptors (Lipinski definition) is 3. The van der Waals surface area contributed by atoms with Crippen LogP contribution in [-0.2, 0) is 9.59 Å². The first kappa shape index (κ1) is 17.1. The van der Waals surface area contributed by atoms with E-state index >= 15 is 0 Å². The summed E-state index contributed by atoms with van der Waals surface area (Å²) in [7, 11) is 0. The SMILES string of the molecule is CC(=O)c1ccc(NC(=O)[C@H](C)[NH+]2CCC(C(N)=O)CC2)cc1. The normalized spacial score (nSPS) is 22.2. The molecule has 1 atom stereocenters. The minimum atomic E-state index is -0.244. The number of ketones is 1. The Morgan fingerprint density at radius 3 is 2.22 bits per heavy atom. The van der Waals surface area contributed by atoms with Crippen molar-refractivity contribution in [3.63, 3.8) is 0 Å². The Hall–Kier alpha value is -2.21. The molecule has 0 spiro atoms. The topological polar surface area (TPSA) is 93.7 Å². The lowest BCUT2D eigenvalue weighted by Gasteiger charge is -2.31. The summed E-state index contributed by atoms with van der Waals surface area (Å²) in [5, 5.41) is 2.88. The van der Waals surface area contributed by atoms with Gasteiger partial charge in [-0.1, -0.05) is 0 Å². The maximum absolute atomic E-state index is 12.4. The molecule has 0 bridgehead atoms. The van der Waals surface area contributed by atoms with E-state index in [1.54, 1.807) is 24.3 Å². The minimum Gasteiger partial charge on any atom is -0.369 e. The summed E-state index contributed by atoms with van der Waals surface area (Å²) in [6.07, 6.45) is 1.46. The van der Waals surface area contributed by atoms with E-state index in [2.05, 4.69) is 5.32 Å². The second kappa shape index (κ2) is 7.37. The van der Waals surface area contributed by atoms with E-state index in [9.17, 15) is 14.4 Å². The van der Waals surface area contributed by atoms with Gasteiger partial charge >= 0.3 is 0 Å². The van der Waals surface area contributed by atoms with Gasteiger partial charge in [-0.25, -0.2) is 0 Å². The van der Waals surface area contributed by atoms with E-state index in [4.69, 9.17) is 5.73 Å². The number of likely N-dealkylation sites (tertiary alicyclic amines) is 1. The Kier molecular flexibility index (Phi) is 5.50. The Morgan fingerprint density at radius 2 is 1.74 bits per heavy atom. The summed E-state index contributed by atoms with van der Waals surface area (Å²) < 4.78 is 0. The molecule has 23 heavy (non-hydrogen) atoms. The van der Waals surface area contributed by atoms with Gasteiger partial charge < -0.3 is 16.0 Å². The summed E-state index contributed by atoms with van der Waals surface area (Å²) in [6.45, 7) is 4.94. The number of primary amides is 1. The molecule has 2 rings (SSSR count). The Bertz CT molecular complexity index is 590. The third-order valence-electron chi connectivity index (χ3n) is 4.59. The smallest absolute Gasteiger partial charge is 0.282 e. The van der Waals surface area contributed by atoms with Gasteiger partial charge in [0.05, 0.1) is 13.1 Å². The second-order valence-corrected chi connectivity index (χ2v) is 6.18. The van der Waals surface area contributed by atoms with Crippen LogP contribution in [-0.4, -0.2) is 36.7 Å². The fraction of sp³-hybridized carbons (Fsp3) is 0.471. The van der Waals surface area contributed by atoms with E-state index in [1.807, 2.05) is 6.92 Å². The monoisotopic (exact) mass is 318 g/mol. The van der Waals surface area contributed by atoms with E-state index in [0.29, 0.717) is 11.3 Å². The summed E-state index contributed by atoms with van der Waals surface area (Å²) in [5.41, 5.74) is 6.63. The summed E-state index contributed by atoms with van der Waals surface area (Å²) in [6, 6.07) is 6.67. The van der Waals surface area contributed by atoms with E-state index < -0.39 is 0 Å². The van der Waals surface area contributed by atoms with Crippen molar-refractivity contribution in [2.45, 2.75) is 32.7 Å². The van der Waals surface area contributed by atoms with Crippen molar-refractivity contribution in [1.29, 1.82) is 0 Å². The minimum absolute atomic E-state index is 0.00184. The average Bonchev–Trinajstić information content (AvgIpc) is 2.54. The van der Waals surface area contributed by atoms with Crippen molar-refractivity contribution < 1.29 is 19.3 Å². The van der Waals surface area contributed by atoms with Gasteiger partial charge in [-0.15, -0.1) is 0 Å². The van der Waals surface area contributed by atoms with Crippen molar-refractivity contribution in [3.05, 3.63) is 29.8 Å². The van der Waals surface area contributed by atoms with Gasteiger partial charge in [0.2, 0.25) is 5.91 Å².